The van der Waals surface area contributed by atoms with Crippen LogP contribution in [-0.4, -0.2) is 24.0 Å². The summed E-state index contributed by atoms with van der Waals surface area (Å²) in [4.78, 5) is 11.9. The number of unbranched alkanes of at least 4 members (excludes halogenated alkanes) is 3. The van der Waals surface area contributed by atoms with Gasteiger partial charge in [0.2, 0.25) is 5.91 Å². The standard InChI is InChI=1S/C14H30N2O/c1-6-8-9-10-11-15-12(3)13(17)16-14(4,5)7-2/h12,15H,6-11H2,1-5H3,(H,16,17). The molecule has 0 spiro atoms. The van der Waals surface area contributed by atoms with E-state index < -0.39 is 0 Å². The monoisotopic (exact) mass is 242 g/mol. The van der Waals surface area contributed by atoms with Gasteiger partial charge in [-0.2, -0.15) is 0 Å². The van der Waals surface area contributed by atoms with Gasteiger partial charge in [0, 0.05) is 5.54 Å². The average molecular weight is 242 g/mol. The highest BCUT2D eigenvalue weighted by Crippen LogP contribution is 2.07. The first kappa shape index (κ1) is 16.4. The molecule has 3 heteroatoms. The second kappa shape index (κ2) is 8.51. The first-order chi connectivity index (χ1) is 7.93. The maximum atomic E-state index is 11.9. The van der Waals surface area contributed by atoms with Gasteiger partial charge in [0.15, 0.2) is 0 Å². The quantitative estimate of drug-likeness (QED) is 0.610. The summed E-state index contributed by atoms with van der Waals surface area (Å²) >= 11 is 0. The number of hydrogen-bond donors (Lipinski definition) is 2. The summed E-state index contributed by atoms with van der Waals surface area (Å²) in [5.74, 6) is 0.104. The molecule has 102 valence electrons. The summed E-state index contributed by atoms with van der Waals surface area (Å²) in [6.45, 7) is 11.3. The summed E-state index contributed by atoms with van der Waals surface area (Å²) < 4.78 is 0. The molecule has 0 rings (SSSR count). The Morgan fingerprint density at radius 3 is 2.35 bits per heavy atom. The van der Waals surface area contributed by atoms with Crippen LogP contribution in [0.25, 0.3) is 0 Å². The molecule has 0 heterocycles. The maximum Gasteiger partial charge on any atom is 0.237 e. The van der Waals surface area contributed by atoms with Crippen molar-refractivity contribution < 1.29 is 4.79 Å². The van der Waals surface area contributed by atoms with Crippen LogP contribution in [0, 0.1) is 0 Å². The predicted octanol–water partition coefficient (Wildman–Crippen LogP) is 2.85. The van der Waals surface area contributed by atoms with Crippen molar-refractivity contribution in [1.29, 1.82) is 0 Å². The molecule has 0 aliphatic rings. The molecular weight excluding hydrogens is 212 g/mol. The van der Waals surface area contributed by atoms with E-state index in [-0.39, 0.29) is 17.5 Å². The van der Waals surface area contributed by atoms with E-state index in [1.165, 1.54) is 19.3 Å². The Hall–Kier alpha value is -0.570. The minimum absolute atomic E-state index is 0.0950. The Morgan fingerprint density at radius 2 is 1.82 bits per heavy atom. The van der Waals surface area contributed by atoms with E-state index in [4.69, 9.17) is 0 Å². The van der Waals surface area contributed by atoms with Crippen LogP contribution in [-0.2, 0) is 4.79 Å². The minimum atomic E-state index is -0.102. The Kier molecular flexibility index (Phi) is 8.23. The lowest BCUT2D eigenvalue weighted by molar-refractivity contribution is -0.124. The van der Waals surface area contributed by atoms with Gasteiger partial charge in [-0.15, -0.1) is 0 Å². The molecule has 0 aromatic rings. The van der Waals surface area contributed by atoms with Gasteiger partial charge in [0.05, 0.1) is 6.04 Å². The Morgan fingerprint density at radius 1 is 1.18 bits per heavy atom. The average Bonchev–Trinajstić information content (AvgIpc) is 2.28. The van der Waals surface area contributed by atoms with E-state index in [1.807, 2.05) is 6.92 Å². The van der Waals surface area contributed by atoms with Gasteiger partial charge in [0.25, 0.3) is 0 Å². The van der Waals surface area contributed by atoms with E-state index >= 15 is 0 Å². The van der Waals surface area contributed by atoms with Crippen LogP contribution in [0.1, 0.15) is 66.7 Å². The molecular formula is C14H30N2O. The molecule has 17 heavy (non-hydrogen) atoms. The van der Waals surface area contributed by atoms with Crippen molar-refractivity contribution in [2.45, 2.75) is 78.3 Å². The summed E-state index contributed by atoms with van der Waals surface area (Å²) in [5, 5.41) is 6.33. The largest absolute Gasteiger partial charge is 0.350 e. The van der Waals surface area contributed by atoms with Crippen LogP contribution in [0.3, 0.4) is 0 Å². The maximum absolute atomic E-state index is 11.9. The lowest BCUT2D eigenvalue weighted by Crippen LogP contribution is -2.50. The van der Waals surface area contributed by atoms with Crippen LogP contribution < -0.4 is 10.6 Å². The van der Waals surface area contributed by atoms with Crippen molar-refractivity contribution in [3.05, 3.63) is 0 Å². The van der Waals surface area contributed by atoms with Gasteiger partial charge < -0.3 is 10.6 Å². The first-order valence-electron chi connectivity index (χ1n) is 6.98. The Bertz CT molecular complexity index is 214. The van der Waals surface area contributed by atoms with Gasteiger partial charge in [-0.25, -0.2) is 0 Å². The van der Waals surface area contributed by atoms with Gasteiger partial charge in [-0.3, -0.25) is 4.79 Å². The number of carbonyl (C=O) groups excluding carboxylic acids is 1. The highest BCUT2D eigenvalue weighted by atomic mass is 16.2. The van der Waals surface area contributed by atoms with Gasteiger partial charge in [-0.05, 0) is 40.2 Å². The third-order valence-electron chi connectivity index (χ3n) is 3.22. The zero-order chi connectivity index (χ0) is 13.3. The van der Waals surface area contributed by atoms with E-state index in [0.717, 1.165) is 19.4 Å². The van der Waals surface area contributed by atoms with E-state index in [9.17, 15) is 4.79 Å². The molecule has 0 aliphatic carbocycles. The van der Waals surface area contributed by atoms with E-state index in [1.54, 1.807) is 0 Å². The lowest BCUT2D eigenvalue weighted by Gasteiger charge is -2.26. The van der Waals surface area contributed by atoms with Crippen molar-refractivity contribution in [3.63, 3.8) is 0 Å². The summed E-state index contributed by atoms with van der Waals surface area (Å²) in [5.41, 5.74) is -0.102. The van der Waals surface area contributed by atoms with Crippen LogP contribution in [0.15, 0.2) is 0 Å². The van der Waals surface area contributed by atoms with Crippen molar-refractivity contribution >= 4 is 5.91 Å². The van der Waals surface area contributed by atoms with E-state index in [0.29, 0.717) is 0 Å². The van der Waals surface area contributed by atoms with Crippen LogP contribution in [0.2, 0.25) is 0 Å². The topological polar surface area (TPSA) is 41.1 Å². The molecule has 1 amide bonds. The number of amides is 1. The Balaban J connectivity index is 3.75. The zero-order valence-corrected chi connectivity index (χ0v) is 12.2. The molecule has 0 bridgehead atoms. The van der Waals surface area contributed by atoms with Gasteiger partial charge in [0.1, 0.15) is 0 Å². The molecule has 1 atom stereocenters. The summed E-state index contributed by atoms with van der Waals surface area (Å²) in [6, 6.07) is -0.0950. The normalized spacial score (nSPS) is 13.5. The SMILES string of the molecule is CCCCCCNC(C)C(=O)NC(C)(C)CC. The molecule has 3 nitrogen and oxygen atoms in total. The molecule has 0 radical (unpaired) electrons. The highest BCUT2D eigenvalue weighted by molar-refractivity contribution is 5.81. The van der Waals surface area contributed by atoms with Crippen LogP contribution in [0.5, 0.6) is 0 Å². The minimum Gasteiger partial charge on any atom is -0.350 e. The summed E-state index contributed by atoms with van der Waals surface area (Å²) in [7, 11) is 0. The Labute approximate surface area is 107 Å². The fourth-order valence-electron chi connectivity index (χ4n) is 1.49. The fraction of sp³-hybridized carbons (Fsp3) is 0.929. The fourth-order valence-corrected chi connectivity index (χ4v) is 1.49. The van der Waals surface area contributed by atoms with Crippen molar-refractivity contribution in [2.75, 3.05) is 6.54 Å². The number of carbonyl (C=O) groups is 1. The predicted molar refractivity (Wildman–Crippen MR) is 74.1 cm³/mol. The number of hydrogen-bond acceptors (Lipinski definition) is 2. The number of rotatable bonds is 9. The first-order valence-corrected chi connectivity index (χ1v) is 6.98. The molecule has 2 N–H and O–H groups in total. The second-order valence-electron chi connectivity index (χ2n) is 5.46. The van der Waals surface area contributed by atoms with Crippen LogP contribution >= 0.6 is 0 Å². The molecule has 0 aromatic heterocycles. The van der Waals surface area contributed by atoms with Crippen molar-refractivity contribution in [3.8, 4) is 0 Å². The molecule has 0 aromatic carbocycles. The summed E-state index contributed by atoms with van der Waals surface area (Å²) in [6.07, 6.45) is 5.88. The zero-order valence-electron chi connectivity index (χ0n) is 12.2. The number of nitrogens with one attached hydrogen (secondary N) is 2. The second-order valence-corrected chi connectivity index (χ2v) is 5.46. The highest BCUT2D eigenvalue weighted by Gasteiger charge is 2.21. The third kappa shape index (κ3) is 8.19. The van der Waals surface area contributed by atoms with Crippen molar-refractivity contribution in [1.82, 2.24) is 10.6 Å². The van der Waals surface area contributed by atoms with Crippen molar-refractivity contribution in [2.24, 2.45) is 0 Å². The molecule has 0 saturated carbocycles. The van der Waals surface area contributed by atoms with Gasteiger partial charge in [-0.1, -0.05) is 33.1 Å². The molecule has 0 aliphatic heterocycles. The van der Waals surface area contributed by atoms with E-state index in [2.05, 4.69) is 38.3 Å². The van der Waals surface area contributed by atoms with Crippen LogP contribution in [0.4, 0.5) is 0 Å². The van der Waals surface area contributed by atoms with Gasteiger partial charge >= 0.3 is 0 Å². The molecule has 0 fully saturated rings. The smallest absolute Gasteiger partial charge is 0.237 e. The molecule has 1 unspecified atom stereocenters. The third-order valence-corrected chi connectivity index (χ3v) is 3.22. The molecule has 0 saturated heterocycles. The lowest BCUT2D eigenvalue weighted by atomic mass is 10.0.